The van der Waals surface area contributed by atoms with Gasteiger partial charge in [-0.1, -0.05) is 69.2 Å². The molecule has 0 bridgehead atoms. The van der Waals surface area contributed by atoms with Gasteiger partial charge in [0.05, 0.1) is 36.7 Å². The number of carbonyl (C=O) groups is 3. The minimum atomic E-state index is -3.81. The molecule has 0 heterocycles. The molecule has 0 fully saturated rings. The molecule has 244 valence electrons. The Balaban J connectivity index is 2.26. The zero-order valence-electron chi connectivity index (χ0n) is 25.8. The minimum absolute atomic E-state index is 0.109. The number of benzene rings is 2. The molecule has 2 amide bonds. The monoisotopic (exact) mass is 633 g/mol. The van der Waals surface area contributed by atoms with Crippen molar-refractivity contribution in [2.45, 2.75) is 88.8 Å². The first-order valence-corrected chi connectivity index (χ1v) is 16.8. The summed E-state index contributed by atoms with van der Waals surface area (Å²) in [6, 6.07) is 14.4. The van der Waals surface area contributed by atoms with E-state index in [1.165, 1.54) is 0 Å². The summed E-state index contributed by atoms with van der Waals surface area (Å²) in [6.45, 7) is 4.30. The Morgan fingerprint density at radius 1 is 0.909 bits per heavy atom. The second-order valence-electron chi connectivity index (χ2n) is 10.9. The molecule has 3 atom stereocenters. The van der Waals surface area contributed by atoms with Crippen molar-refractivity contribution in [3.63, 3.8) is 0 Å². The minimum Gasteiger partial charge on any atom is -0.497 e. The highest BCUT2D eigenvalue weighted by atomic mass is 32.2. The SMILES string of the molecule is CCCC(CCC)S(=O)(=O)C[C@H](NC(=O)CCC(=O)O)C(=O)N[C@@H](Cc1ccccc1)[C@H](O)CNCc1cccc(OC)c1. The van der Waals surface area contributed by atoms with Gasteiger partial charge in [-0.05, 0) is 42.5 Å². The van der Waals surface area contributed by atoms with E-state index in [9.17, 15) is 27.9 Å². The van der Waals surface area contributed by atoms with Gasteiger partial charge in [-0.15, -0.1) is 0 Å². The third-order valence-electron chi connectivity index (χ3n) is 7.25. The van der Waals surface area contributed by atoms with E-state index in [2.05, 4.69) is 16.0 Å². The first kappa shape index (κ1) is 36.7. The molecule has 11 nitrogen and oxygen atoms in total. The molecule has 0 radical (unpaired) electrons. The number of hydrogen-bond donors (Lipinski definition) is 5. The highest BCUT2D eigenvalue weighted by Crippen LogP contribution is 2.18. The van der Waals surface area contributed by atoms with Crippen molar-refractivity contribution in [2.24, 2.45) is 0 Å². The highest BCUT2D eigenvalue weighted by Gasteiger charge is 2.34. The smallest absolute Gasteiger partial charge is 0.303 e. The number of nitrogens with one attached hydrogen (secondary N) is 3. The van der Waals surface area contributed by atoms with Crippen molar-refractivity contribution in [3.05, 3.63) is 65.7 Å². The summed E-state index contributed by atoms with van der Waals surface area (Å²) in [6.07, 6.45) is 0.427. The van der Waals surface area contributed by atoms with Crippen LogP contribution in [0.15, 0.2) is 54.6 Å². The van der Waals surface area contributed by atoms with Crippen LogP contribution in [0.2, 0.25) is 0 Å². The number of methoxy groups -OCH3 is 1. The summed E-state index contributed by atoms with van der Waals surface area (Å²) in [4.78, 5) is 37.2. The van der Waals surface area contributed by atoms with Gasteiger partial charge in [0.15, 0.2) is 9.84 Å². The van der Waals surface area contributed by atoms with Crippen LogP contribution >= 0.6 is 0 Å². The van der Waals surface area contributed by atoms with Gasteiger partial charge in [-0.25, -0.2) is 8.42 Å². The first-order valence-electron chi connectivity index (χ1n) is 15.1. The summed E-state index contributed by atoms with van der Waals surface area (Å²) in [5.74, 6) is -2.63. The number of aliphatic carboxylic acids is 1. The zero-order valence-corrected chi connectivity index (χ0v) is 26.6. The Kier molecular flexibility index (Phi) is 15.9. The Hall–Kier alpha value is -3.48. The molecule has 44 heavy (non-hydrogen) atoms. The molecular weight excluding hydrogens is 586 g/mol. The molecule has 0 saturated carbocycles. The van der Waals surface area contributed by atoms with E-state index < -0.39 is 69.7 Å². The van der Waals surface area contributed by atoms with Gasteiger partial charge in [0.25, 0.3) is 0 Å². The topological polar surface area (TPSA) is 171 Å². The predicted octanol–water partition coefficient (Wildman–Crippen LogP) is 2.61. The summed E-state index contributed by atoms with van der Waals surface area (Å²) in [5.41, 5.74) is 1.77. The molecule has 0 aliphatic carbocycles. The Labute approximate surface area is 260 Å². The van der Waals surface area contributed by atoms with Crippen molar-refractivity contribution in [2.75, 3.05) is 19.4 Å². The normalized spacial score (nSPS) is 13.6. The maximum atomic E-state index is 13.7. The number of hydrogen-bond acceptors (Lipinski definition) is 8. The molecule has 0 aliphatic heterocycles. The van der Waals surface area contributed by atoms with Gasteiger partial charge < -0.3 is 30.9 Å². The van der Waals surface area contributed by atoms with Crippen LogP contribution in [0, 0.1) is 0 Å². The molecule has 2 aromatic rings. The number of carboxylic acid groups (broad SMARTS) is 1. The average molecular weight is 634 g/mol. The van der Waals surface area contributed by atoms with Crippen molar-refractivity contribution in [1.29, 1.82) is 0 Å². The number of carboxylic acids is 1. The largest absolute Gasteiger partial charge is 0.497 e. The Morgan fingerprint density at radius 2 is 1.57 bits per heavy atom. The van der Waals surface area contributed by atoms with E-state index in [1.807, 2.05) is 68.4 Å². The predicted molar refractivity (Wildman–Crippen MR) is 169 cm³/mol. The lowest BCUT2D eigenvalue weighted by molar-refractivity contribution is -0.139. The van der Waals surface area contributed by atoms with Crippen LogP contribution in [0.25, 0.3) is 0 Å². The summed E-state index contributed by atoms with van der Waals surface area (Å²) in [7, 11) is -2.23. The van der Waals surface area contributed by atoms with Gasteiger partial charge in [0.2, 0.25) is 11.8 Å². The van der Waals surface area contributed by atoms with E-state index in [-0.39, 0.29) is 13.0 Å². The number of sulfone groups is 1. The number of rotatable bonds is 21. The molecule has 0 unspecified atom stereocenters. The Bertz CT molecular complexity index is 1280. The number of aliphatic hydroxyl groups excluding tert-OH is 1. The summed E-state index contributed by atoms with van der Waals surface area (Å²) in [5, 5.41) is 27.9. The molecule has 0 spiro atoms. The molecule has 0 aliphatic rings. The van der Waals surface area contributed by atoms with Crippen LogP contribution in [0.5, 0.6) is 5.75 Å². The molecule has 0 saturated heterocycles. The van der Waals surface area contributed by atoms with Crippen molar-refractivity contribution >= 4 is 27.6 Å². The third kappa shape index (κ3) is 13.0. The van der Waals surface area contributed by atoms with Crippen LogP contribution in [-0.4, -0.2) is 79.3 Å². The fourth-order valence-corrected chi connectivity index (χ4v) is 7.07. The lowest BCUT2D eigenvalue weighted by Gasteiger charge is -2.28. The quantitative estimate of drug-likeness (QED) is 0.139. The number of amides is 2. The highest BCUT2D eigenvalue weighted by molar-refractivity contribution is 7.92. The number of carbonyl (C=O) groups excluding carboxylic acids is 2. The van der Waals surface area contributed by atoms with E-state index in [0.717, 1.165) is 11.1 Å². The van der Waals surface area contributed by atoms with E-state index in [4.69, 9.17) is 9.84 Å². The molecule has 0 aromatic heterocycles. The molecular formula is C32H47N3O8S. The molecule has 2 rings (SSSR count). The fourth-order valence-electron chi connectivity index (χ4n) is 4.91. The van der Waals surface area contributed by atoms with Crippen molar-refractivity contribution < 1.29 is 37.8 Å². The standard InChI is InChI=1S/C32H47N3O8S/c1-4-10-26(11-5-2)44(41,42)22-28(34-30(37)16-17-31(38)39)32(40)35-27(19-23-12-7-6-8-13-23)29(36)21-33-20-24-14-9-15-25(18-24)43-3/h6-9,12-15,18,26-29,33,36H,4-5,10-11,16-17,19-22H2,1-3H3,(H,34,37)(H,35,40)(H,38,39)/t27-,28-,29+/m0/s1. The molecule has 2 aromatic carbocycles. The number of ether oxygens (including phenoxy) is 1. The van der Waals surface area contributed by atoms with Gasteiger partial charge in [-0.2, -0.15) is 0 Å². The fraction of sp³-hybridized carbons (Fsp3) is 0.531. The van der Waals surface area contributed by atoms with Crippen molar-refractivity contribution in [1.82, 2.24) is 16.0 Å². The van der Waals surface area contributed by atoms with Gasteiger partial charge in [-0.3, -0.25) is 14.4 Å². The van der Waals surface area contributed by atoms with Crippen LogP contribution in [0.1, 0.15) is 63.5 Å². The van der Waals surface area contributed by atoms with Gasteiger partial charge in [0.1, 0.15) is 11.8 Å². The van der Waals surface area contributed by atoms with Crippen LogP contribution in [0.4, 0.5) is 0 Å². The van der Waals surface area contributed by atoms with Crippen LogP contribution < -0.4 is 20.7 Å². The van der Waals surface area contributed by atoms with Crippen LogP contribution in [-0.2, 0) is 37.2 Å². The Morgan fingerprint density at radius 3 is 2.18 bits per heavy atom. The molecule has 12 heteroatoms. The maximum Gasteiger partial charge on any atom is 0.303 e. The first-order chi connectivity index (χ1) is 21.0. The zero-order chi connectivity index (χ0) is 32.5. The molecule has 5 N–H and O–H groups in total. The number of aliphatic hydroxyl groups is 1. The van der Waals surface area contributed by atoms with Crippen molar-refractivity contribution in [3.8, 4) is 5.75 Å². The summed E-state index contributed by atoms with van der Waals surface area (Å²) >= 11 is 0. The van der Waals surface area contributed by atoms with Gasteiger partial charge in [0, 0.05) is 19.5 Å². The van der Waals surface area contributed by atoms with E-state index in [1.54, 1.807) is 7.11 Å². The second kappa shape index (κ2) is 19.0. The maximum absolute atomic E-state index is 13.7. The lowest BCUT2D eigenvalue weighted by Crippen LogP contribution is -2.57. The second-order valence-corrected chi connectivity index (χ2v) is 13.2. The third-order valence-corrected chi connectivity index (χ3v) is 9.54. The lowest BCUT2D eigenvalue weighted by atomic mass is 10.0. The van der Waals surface area contributed by atoms with E-state index >= 15 is 0 Å². The van der Waals surface area contributed by atoms with E-state index in [0.29, 0.717) is 38.0 Å². The summed E-state index contributed by atoms with van der Waals surface area (Å²) < 4.78 is 32.1. The average Bonchev–Trinajstić information content (AvgIpc) is 2.99. The van der Waals surface area contributed by atoms with Gasteiger partial charge >= 0.3 is 5.97 Å². The van der Waals surface area contributed by atoms with Crippen LogP contribution in [0.3, 0.4) is 0 Å².